The molecule has 2 saturated heterocycles. The van der Waals surface area contributed by atoms with E-state index < -0.39 is 0 Å². The van der Waals surface area contributed by atoms with Gasteiger partial charge in [-0.25, -0.2) is 0 Å². The summed E-state index contributed by atoms with van der Waals surface area (Å²) in [6.45, 7) is 0.752. The predicted octanol–water partition coefficient (Wildman–Crippen LogP) is 1.03. The van der Waals surface area contributed by atoms with Crippen LogP contribution in [0.1, 0.15) is 19.3 Å². The van der Waals surface area contributed by atoms with Gasteiger partial charge in [0.1, 0.15) is 5.60 Å². The molecule has 11 heavy (non-hydrogen) atoms. The molecule has 0 saturated carbocycles. The molecule has 2 fully saturated rings. The fraction of sp³-hybridized carbons (Fsp3) is 1.00. The van der Waals surface area contributed by atoms with Crippen LogP contribution in [0.25, 0.3) is 0 Å². The summed E-state index contributed by atoms with van der Waals surface area (Å²) >= 11 is 1.91. The Morgan fingerprint density at radius 1 is 1.55 bits per heavy atom. The van der Waals surface area contributed by atoms with E-state index in [0.29, 0.717) is 0 Å². The Balaban J connectivity index is 2.06. The van der Waals surface area contributed by atoms with Crippen LogP contribution in [0, 0.1) is 0 Å². The van der Waals surface area contributed by atoms with Crippen LogP contribution in [-0.2, 0) is 4.74 Å². The van der Waals surface area contributed by atoms with Crippen molar-refractivity contribution in [2.45, 2.75) is 31.0 Å². The number of hydrogen-bond donors (Lipinski definition) is 1. The summed E-state index contributed by atoms with van der Waals surface area (Å²) < 4.78 is 5.62. The fourth-order valence-corrected chi connectivity index (χ4v) is 3.16. The first-order chi connectivity index (χ1) is 5.33. The second-order valence-electron chi connectivity index (χ2n) is 3.37. The highest BCUT2D eigenvalue weighted by Gasteiger charge is 2.44. The Hall–Kier alpha value is 0.270. The topological polar surface area (TPSA) is 29.5 Å². The van der Waals surface area contributed by atoms with E-state index in [-0.39, 0.29) is 11.7 Å². The third kappa shape index (κ3) is 1.30. The van der Waals surface area contributed by atoms with Gasteiger partial charge in [0.25, 0.3) is 0 Å². The van der Waals surface area contributed by atoms with Crippen molar-refractivity contribution in [3.05, 3.63) is 0 Å². The summed E-state index contributed by atoms with van der Waals surface area (Å²) in [5, 5.41) is 9.67. The van der Waals surface area contributed by atoms with E-state index in [4.69, 9.17) is 4.74 Å². The average molecular weight is 174 g/mol. The summed E-state index contributed by atoms with van der Waals surface area (Å²) in [4.78, 5) is 0. The quantitative estimate of drug-likeness (QED) is 0.595. The second kappa shape index (κ2) is 2.96. The van der Waals surface area contributed by atoms with Gasteiger partial charge in [-0.15, -0.1) is 0 Å². The molecule has 0 aromatic carbocycles. The van der Waals surface area contributed by atoms with Gasteiger partial charge in [-0.1, -0.05) is 0 Å². The lowest BCUT2D eigenvalue weighted by molar-refractivity contribution is -0.0473. The minimum atomic E-state index is -0.199. The lowest BCUT2D eigenvalue weighted by Gasteiger charge is -2.34. The summed E-state index contributed by atoms with van der Waals surface area (Å²) in [6, 6.07) is 0. The Labute approximate surface area is 71.3 Å². The summed E-state index contributed by atoms with van der Waals surface area (Å²) in [6.07, 6.45) is 2.89. The maximum absolute atomic E-state index is 9.67. The van der Waals surface area contributed by atoms with E-state index in [2.05, 4.69) is 0 Å². The zero-order valence-corrected chi connectivity index (χ0v) is 7.40. The third-order valence-corrected chi connectivity index (χ3v) is 3.89. The van der Waals surface area contributed by atoms with Crippen molar-refractivity contribution in [3.8, 4) is 0 Å². The van der Waals surface area contributed by atoms with E-state index in [1.165, 1.54) is 12.2 Å². The molecule has 1 N–H and O–H groups in total. The number of rotatable bonds is 0. The number of aliphatic hydroxyl groups excluding tert-OH is 1. The number of aliphatic hydroxyl groups is 1. The molecule has 2 unspecified atom stereocenters. The van der Waals surface area contributed by atoms with E-state index in [1.807, 2.05) is 11.8 Å². The van der Waals surface area contributed by atoms with Gasteiger partial charge in [-0.05, 0) is 25.0 Å². The fourth-order valence-electron chi connectivity index (χ4n) is 1.90. The molecule has 0 amide bonds. The number of thioether (sulfide) groups is 1. The zero-order chi connectivity index (χ0) is 7.73. The molecule has 0 radical (unpaired) electrons. The van der Waals surface area contributed by atoms with Crippen LogP contribution in [0.5, 0.6) is 0 Å². The van der Waals surface area contributed by atoms with Gasteiger partial charge in [0.2, 0.25) is 0 Å². The molecule has 2 rings (SSSR count). The molecule has 2 nitrogen and oxygen atoms in total. The average Bonchev–Trinajstić information content (AvgIpc) is 2.36. The molecule has 2 heterocycles. The normalized spacial score (nSPS) is 45.0. The summed E-state index contributed by atoms with van der Waals surface area (Å²) in [7, 11) is 0. The van der Waals surface area contributed by atoms with Crippen LogP contribution in [-0.4, -0.2) is 34.9 Å². The van der Waals surface area contributed by atoms with Crippen molar-refractivity contribution in [2.75, 3.05) is 18.1 Å². The first-order valence-electron chi connectivity index (χ1n) is 4.23. The monoisotopic (exact) mass is 174 g/mol. The SMILES string of the molecule is OC1CCOC12CCCSC2. The molecule has 2 aliphatic rings. The van der Waals surface area contributed by atoms with Gasteiger partial charge in [0, 0.05) is 5.75 Å². The summed E-state index contributed by atoms with van der Waals surface area (Å²) in [5.41, 5.74) is -0.150. The van der Waals surface area contributed by atoms with Gasteiger partial charge >= 0.3 is 0 Å². The third-order valence-electron chi connectivity index (χ3n) is 2.62. The Morgan fingerprint density at radius 3 is 3.00 bits per heavy atom. The molecule has 0 bridgehead atoms. The molecule has 1 spiro atoms. The van der Waals surface area contributed by atoms with Crippen molar-refractivity contribution in [1.29, 1.82) is 0 Å². The van der Waals surface area contributed by atoms with Crippen molar-refractivity contribution < 1.29 is 9.84 Å². The van der Waals surface area contributed by atoms with Crippen molar-refractivity contribution >= 4 is 11.8 Å². The molecule has 3 heteroatoms. The van der Waals surface area contributed by atoms with E-state index in [1.54, 1.807) is 0 Å². The van der Waals surface area contributed by atoms with Gasteiger partial charge < -0.3 is 9.84 Å². The lowest BCUT2D eigenvalue weighted by Crippen LogP contribution is -2.43. The van der Waals surface area contributed by atoms with Gasteiger partial charge in [-0.2, -0.15) is 11.8 Å². The van der Waals surface area contributed by atoms with Gasteiger partial charge in [0.15, 0.2) is 0 Å². The standard InChI is InChI=1S/C8H14O2S/c9-7-2-4-10-8(7)3-1-5-11-6-8/h7,9H,1-6H2. The zero-order valence-electron chi connectivity index (χ0n) is 6.58. The Bertz CT molecular complexity index is 143. The molecular weight excluding hydrogens is 160 g/mol. The minimum absolute atomic E-state index is 0.150. The highest BCUT2D eigenvalue weighted by molar-refractivity contribution is 7.99. The highest BCUT2D eigenvalue weighted by atomic mass is 32.2. The van der Waals surface area contributed by atoms with Crippen molar-refractivity contribution in [1.82, 2.24) is 0 Å². The van der Waals surface area contributed by atoms with Crippen LogP contribution >= 0.6 is 11.8 Å². The summed E-state index contributed by atoms with van der Waals surface area (Å²) in [5.74, 6) is 2.23. The lowest BCUT2D eigenvalue weighted by atomic mass is 9.93. The van der Waals surface area contributed by atoms with E-state index in [9.17, 15) is 5.11 Å². The number of hydrogen-bond acceptors (Lipinski definition) is 3. The maximum Gasteiger partial charge on any atom is 0.103 e. The molecule has 0 aromatic rings. The van der Waals surface area contributed by atoms with Crippen molar-refractivity contribution in [3.63, 3.8) is 0 Å². The van der Waals surface area contributed by atoms with Gasteiger partial charge in [-0.3, -0.25) is 0 Å². The minimum Gasteiger partial charge on any atom is -0.390 e. The maximum atomic E-state index is 9.67. The second-order valence-corrected chi connectivity index (χ2v) is 4.48. The van der Waals surface area contributed by atoms with E-state index in [0.717, 1.165) is 25.2 Å². The molecule has 2 atom stereocenters. The molecule has 0 aromatic heterocycles. The Morgan fingerprint density at radius 2 is 2.45 bits per heavy atom. The first kappa shape index (κ1) is 7.90. The van der Waals surface area contributed by atoms with Crippen LogP contribution in [0.4, 0.5) is 0 Å². The van der Waals surface area contributed by atoms with Crippen LogP contribution in [0.15, 0.2) is 0 Å². The molecule has 2 aliphatic heterocycles. The highest BCUT2D eigenvalue weighted by Crippen LogP contribution is 2.37. The van der Waals surface area contributed by atoms with Crippen LogP contribution in [0.2, 0.25) is 0 Å². The predicted molar refractivity (Wildman–Crippen MR) is 45.9 cm³/mol. The number of ether oxygens (including phenoxy) is 1. The molecule has 64 valence electrons. The Kier molecular flexibility index (Phi) is 2.12. The van der Waals surface area contributed by atoms with Crippen molar-refractivity contribution in [2.24, 2.45) is 0 Å². The molecule has 0 aliphatic carbocycles. The van der Waals surface area contributed by atoms with Crippen LogP contribution < -0.4 is 0 Å². The van der Waals surface area contributed by atoms with Gasteiger partial charge in [0.05, 0.1) is 12.7 Å². The smallest absolute Gasteiger partial charge is 0.103 e. The van der Waals surface area contributed by atoms with Crippen LogP contribution in [0.3, 0.4) is 0 Å². The molecular formula is C8H14O2S. The largest absolute Gasteiger partial charge is 0.390 e. The van der Waals surface area contributed by atoms with E-state index >= 15 is 0 Å². The first-order valence-corrected chi connectivity index (χ1v) is 5.39.